The van der Waals surface area contributed by atoms with Crippen molar-refractivity contribution in [2.45, 2.75) is 19.3 Å². The molecule has 0 fully saturated rings. The molecule has 0 bridgehead atoms. The van der Waals surface area contributed by atoms with Gasteiger partial charge >= 0.3 is 0 Å². The van der Waals surface area contributed by atoms with Crippen molar-refractivity contribution in [3.63, 3.8) is 0 Å². The van der Waals surface area contributed by atoms with Gasteiger partial charge in [0.25, 0.3) is 0 Å². The van der Waals surface area contributed by atoms with Gasteiger partial charge in [0.05, 0.1) is 16.9 Å². The molecule has 2 aromatic rings. The van der Waals surface area contributed by atoms with Crippen molar-refractivity contribution in [2.24, 2.45) is 0 Å². The fourth-order valence-corrected chi connectivity index (χ4v) is 2.17. The summed E-state index contributed by atoms with van der Waals surface area (Å²) in [6.45, 7) is 5.74. The van der Waals surface area contributed by atoms with Crippen molar-refractivity contribution in [1.29, 1.82) is 0 Å². The van der Waals surface area contributed by atoms with Gasteiger partial charge in [-0.1, -0.05) is 30.7 Å². The number of carbonyl (C=O) groups is 1. The number of hydrogen-bond acceptors (Lipinski definition) is 2. The maximum Gasteiger partial charge on any atom is 0.153 e. The quantitative estimate of drug-likeness (QED) is 0.610. The van der Waals surface area contributed by atoms with Gasteiger partial charge < -0.3 is 0 Å². The molecule has 4 heteroatoms. The molecule has 1 unspecified atom stereocenters. The topological polar surface area (TPSA) is 34.9 Å². The SMILES string of the molecule is C=CCC(C)c1nn(-c2cccc(Cl)c2)cc1C=O. The number of aldehydes is 1. The molecule has 98 valence electrons. The zero-order chi connectivity index (χ0) is 13.8. The van der Waals surface area contributed by atoms with Crippen molar-refractivity contribution < 1.29 is 4.79 Å². The molecule has 1 atom stereocenters. The molecule has 0 amide bonds. The molecular formula is C15H15ClN2O. The average Bonchev–Trinajstić information content (AvgIpc) is 2.83. The minimum atomic E-state index is 0.165. The molecule has 0 saturated heterocycles. The summed E-state index contributed by atoms with van der Waals surface area (Å²) in [4.78, 5) is 11.1. The number of rotatable bonds is 5. The van der Waals surface area contributed by atoms with Crippen molar-refractivity contribution in [1.82, 2.24) is 9.78 Å². The van der Waals surface area contributed by atoms with Crippen molar-refractivity contribution in [3.8, 4) is 5.69 Å². The molecule has 3 nitrogen and oxygen atoms in total. The normalized spacial score (nSPS) is 12.1. The van der Waals surface area contributed by atoms with Crippen molar-refractivity contribution in [2.75, 3.05) is 0 Å². The number of allylic oxidation sites excluding steroid dienone is 1. The summed E-state index contributed by atoms with van der Waals surface area (Å²) in [5.41, 5.74) is 2.23. The highest BCUT2D eigenvalue weighted by molar-refractivity contribution is 6.30. The summed E-state index contributed by atoms with van der Waals surface area (Å²) in [5, 5.41) is 5.13. The predicted molar refractivity (Wildman–Crippen MR) is 77.2 cm³/mol. The van der Waals surface area contributed by atoms with Gasteiger partial charge in [-0.3, -0.25) is 4.79 Å². The van der Waals surface area contributed by atoms with E-state index in [9.17, 15) is 4.79 Å². The number of carbonyl (C=O) groups excluding carboxylic acids is 1. The summed E-state index contributed by atoms with van der Waals surface area (Å²) in [7, 11) is 0. The maximum absolute atomic E-state index is 11.1. The van der Waals surface area contributed by atoms with E-state index in [1.54, 1.807) is 16.9 Å². The smallest absolute Gasteiger partial charge is 0.153 e. The van der Waals surface area contributed by atoms with Crippen LogP contribution in [-0.2, 0) is 0 Å². The summed E-state index contributed by atoms with van der Waals surface area (Å²) < 4.78 is 1.69. The third kappa shape index (κ3) is 2.93. The van der Waals surface area contributed by atoms with E-state index in [4.69, 9.17) is 11.6 Å². The van der Waals surface area contributed by atoms with Gasteiger partial charge in [0.1, 0.15) is 0 Å². The first-order valence-electron chi connectivity index (χ1n) is 6.07. The second-order valence-corrected chi connectivity index (χ2v) is 4.87. The van der Waals surface area contributed by atoms with Crippen LogP contribution < -0.4 is 0 Å². The highest BCUT2D eigenvalue weighted by atomic mass is 35.5. The first kappa shape index (κ1) is 13.6. The molecule has 0 spiro atoms. The lowest BCUT2D eigenvalue weighted by Crippen LogP contribution is -1.99. The molecule has 0 N–H and O–H groups in total. The summed E-state index contributed by atoms with van der Waals surface area (Å²) >= 11 is 5.96. The third-order valence-corrected chi connectivity index (χ3v) is 3.19. The number of hydrogen-bond donors (Lipinski definition) is 0. The number of benzene rings is 1. The van der Waals surface area contributed by atoms with E-state index in [1.165, 1.54) is 0 Å². The number of halogens is 1. The van der Waals surface area contributed by atoms with Gasteiger partial charge in [0, 0.05) is 17.1 Å². The zero-order valence-corrected chi connectivity index (χ0v) is 11.5. The molecule has 0 radical (unpaired) electrons. The Hall–Kier alpha value is -1.87. The molecule has 0 aliphatic carbocycles. The fraction of sp³-hybridized carbons (Fsp3) is 0.200. The van der Waals surface area contributed by atoms with Gasteiger partial charge in [-0.15, -0.1) is 6.58 Å². The minimum Gasteiger partial charge on any atom is -0.298 e. The highest BCUT2D eigenvalue weighted by Gasteiger charge is 2.15. The molecule has 19 heavy (non-hydrogen) atoms. The molecular weight excluding hydrogens is 260 g/mol. The summed E-state index contributed by atoms with van der Waals surface area (Å²) in [5.74, 6) is 0.165. The Morgan fingerprint density at radius 2 is 2.32 bits per heavy atom. The molecule has 1 aromatic carbocycles. The monoisotopic (exact) mass is 274 g/mol. The lowest BCUT2D eigenvalue weighted by atomic mass is 10.0. The van der Waals surface area contributed by atoms with E-state index in [0.717, 1.165) is 24.1 Å². The van der Waals surface area contributed by atoms with E-state index < -0.39 is 0 Å². The molecule has 0 aliphatic heterocycles. The van der Waals surface area contributed by atoms with Crippen LogP contribution in [0.25, 0.3) is 5.69 Å². The first-order chi connectivity index (χ1) is 9.15. The second kappa shape index (κ2) is 5.85. The van der Waals surface area contributed by atoms with Crippen LogP contribution in [0.1, 0.15) is 35.3 Å². The zero-order valence-electron chi connectivity index (χ0n) is 10.7. The third-order valence-electron chi connectivity index (χ3n) is 2.96. The van der Waals surface area contributed by atoms with Gasteiger partial charge in [-0.05, 0) is 24.6 Å². The molecule has 1 aromatic heterocycles. The van der Waals surface area contributed by atoms with Crippen LogP contribution in [0.3, 0.4) is 0 Å². The minimum absolute atomic E-state index is 0.165. The summed E-state index contributed by atoms with van der Waals surface area (Å²) in [6.07, 6.45) is 5.18. The Bertz CT molecular complexity index is 604. The predicted octanol–water partition coefficient (Wildman–Crippen LogP) is 4.02. The fourth-order valence-electron chi connectivity index (χ4n) is 1.99. The largest absolute Gasteiger partial charge is 0.298 e. The van der Waals surface area contributed by atoms with Crippen LogP contribution >= 0.6 is 11.6 Å². The maximum atomic E-state index is 11.1. The van der Waals surface area contributed by atoms with Crippen molar-refractivity contribution >= 4 is 17.9 Å². The van der Waals surface area contributed by atoms with E-state index in [0.29, 0.717) is 10.6 Å². The van der Waals surface area contributed by atoms with Gasteiger partial charge in [0.15, 0.2) is 6.29 Å². The van der Waals surface area contributed by atoms with Crippen LogP contribution in [0.4, 0.5) is 0 Å². The van der Waals surface area contributed by atoms with Gasteiger partial charge in [-0.25, -0.2) is 4.68 Å². The molecule has 0 aliphatic rings. The Balaban J connectivity index is 2.43. The first-order valence-corrected chi connectivity index (χ1v) is 6.45. The molecule has 2 rings (SSSR count). The second-order valence-electron chi connectivity index (χ2n) is 4.44. The lowest BCUT2D eigenvalue weighted by Gasteiger charge is -2.05. The Kier molecular flexibility index (Phi) is 4.17. The van der Waals surface area contributed by atoms with E-state index in [1.807, 2.05) is 31.2 Å². The average molecular weight is 275 g/mol. The van der Waals surface area contributed by atoms with E-state index in [2.05, 4.69) is 11.7 Å². The van der Waals surface area contributed by atoms with Gasteiger partial charge in [0.2, 0.25) is 0 Å². The Morgan fingerprint density at radius 1 is 1.53 bits per heavy atom. The Labute approximate surface area is 117 Å². The number of nitrogens with zero attached hydrogens (tertiary/aromatic N) is 2. The van der Waals surface area contributed by atoms with Gasteiger partial charge in [-0.2, -0.15) is 5.10 Å². The number of aromatic nitrogens is 2. The summed E-state index contributed by atoms with van der Waals surface area (Å²) in [6, 6.07) is 7.36. The van der Waals surface area contributed by atoms with Crippen LogP contribution in [0.5, 0.6) is 0 Å². The molecule has 0 saturated carbocycles. The molecule has 1 heterocycles. The highest BCUT2D eigenvalue weighted by Crippen LogP contribution is 2.23. The van der Waals surface area contributed by atoms with Crippen LogP contribution in [0.2, 0.25) is 5.02 Å². The van der Waals surface area contributed by atoms with E-state index >= 15 is 0 Å². The lowest BCUT2D eigenvalue weighted by molar-refractivity contribution is 0.112. The van der Waals surface area contributed by atoms with E-state index in [-0.39, 0.29) is 5.92 Å². The van der Waals surface area contributed by atoms with Crippen LogP contribution in [0.15, 0.2) is 43.1 Å². The van der Waals surface area contributed by atoms with Crippen LogP contribution in [-0.4, -0.2) is 16.1 Å². The van der Waals surface area contributed by atoms with Crippen LogP contribution in [0, 0.1) is 0 Å². The van der Waals surface area contributed by atoms with Crippen molar-refractivity contribution in [3.05, 3.63) is 59.4 Å². The Morgan fingerprint density at radius 3 is 2.95 bits per heavy atom. The standard InChI is InChI=1S/C15H15ClN2O/c1-3-5-11(2)15-12(10-19)9-18(17-15)14-7-4-6-13(16)8-14/h3-4,6-11H,1,5H2,2H3.